The Morgan fingerprint density at radius 3 is 3.06 bits per heavy atom. The van der Waals surface area contributed by atoms with Gasteiger partial charge in [0.25, 0.3) is 0 Å². The Hall–Kier alpha value is -0.350. The second-order valence-corrected chi connectivity index (χ2v) is 5.77. The lowest BCUT2D eigenvalue weighted by Gasteiger charge is -2.23. The van der Waals surface area contributed by atoms with Crippen LogP contribution in [-0.4, -0.2) is 22.8 Å². The molecule has 0 aliphatic carbocycles. The molecular weight excluding hydrogens is 268 g/mol. The van der Waals surface area contributed by atoms with Crippen LogP contribution in [0.25, 0.3) is 0 Å². The number of nitrogens with zero attached hydrogens (tertiary/aromatic N) is 2. The molecule has 88 valence electrons. The van der Waals surface area contributed by atoms with Crippen molar-refractivity contribution in [2.75, 3.05) is 13.2 Å². The van der Waals surface area contributed by atoms with Gasteiger partial charge in [-0.25, -0.2) is 4.98 Å². The van der Waals surface area contributed by atoms with Gasteiger partial charge in [0.2, 0.25) is 0 Å². The van der Waals surface area contributed by atoms with Gasteiger partial charge >= 0.3 is 0 Å². The monoisotopic (exact) mass is 284 g/mol. The smallest absolute Gasteiger partial charge is 0.127 e. The SMILES string of the molecule is CC1CCn2c(C3CCOC3)nc(Br)c2C1. The van der Waals surface area contributed by atoms with Gasteiger partial charge in [-0.1, -0.05) is 6.92 Å². The van der Waals surface area contributed by atoms with Crippen molar-refractivity contribution in [3.05, 3.63) is 16.1 Å². The fourth-order valence-electron chi connectivity index (χ4n) is 2.75. The summed E-state index contributed by atoms with van der Waals surface area (Å²) < 4.78 is 8.94. The topological polar surface area (TPSA) is 27.1 Å². The highest BCUT2D eigenvalue weighted by Gasteiger charge is 2.28. The number of fused-ring (bicyclic) bond motifs is 1. The molecule has 1 saturated heterocycles. The number of halogens is 1. The van der Waals surface area contributed by atoms with Gasteiger partial charge < -0.3 is 9.30 Å². The Balaban J connectivity index is 1.97. The van der Waals surface area contributed by atoms with Gasteiger partial charge in [0.15, 0.2) is 0 Å². The molecule has 0 bridgehead atoms. The predicted octanol–water partition coefficient (Wildman–Crippen LogP) is 2.73. The molecule has 2 unspecified atom stereocenters. The van der Waals surface area contributed by atoms with E-state index in [-0.39, 0.29) is 0 Å². The minimum absolute atomic E-state index is 0.512. The normalized spacial score (nSPS) is 29.4. The first-order valence-electron chi connectivity index (χ1n) is 6.08. The molecule has 0 N–H and O–H groups in total. The Bertz CT molecular complexity index is 396. The summed E-state index contributed by atoms with van der Waals surface area (Å²) in [7, 11) is 0. The van der Waals surface area contributed by atoms with Crippen LogP contribution in [0.15, 0.2) is 4.60 Å². The maximum Gasteiger partial charge on any atom is 0.127 e. The quantitative estimate of drug-likeness (QED) is 0.793. The van der Waals surface area contributed by atoms with Crippen molar-refractivity contribution >= 4 is 15.9 Å². The summed E-state index contributed by atoms with van der Waals surface area (Å²) in [6, 6.07) is 0. The van der Waals surface area contributed by atoms with Gasteiger partial charge in [0.1, 0.15) is 10.4 Å². The first kappa shape index (κ1) is 10.8. The molecule has 0 radical (unpaired) electrons. The summed E-state index contributed by atoms with van der Waals surface area (Å²) in [5.74, 6) is 2.54. The number of imidazole rings is 1. The Morgan fingerprint density at radius 1 is 1.44 bits per heavy atom. The zero-order valence-corrected chi connectivity index (χ0v) is 11.2. The van der Waals surface area contributed by atoms with E-state index in [1.165, 1.54) is 17.9 Å². The van der Waals surface area contributed by atoms with Crippen LogP contribution >= 0.6 is 15.9 Å². The van der Waals surface area contributed by atoms with Crippen LogP contribution in [0.5, 0.6) is 0 Å². The minimum atomic E-state index is 0.512. The van der Waals surface area contributed by atoms with Gasteiger partial charge in [-0.3, -0.25) is 0 Å². The summed E-state index contributed by atoms with van der Waals surface area (Å²) in [5.41, 5.74) is 1.39. The van der Waals surface area contributed by atoms with E-state index >= 15 is 0 Å². The molecule has 2 atom stereocenters. The first-order chi connectivity index (χ1) is 7.75. The van der Waals surface area contributed by atoms with E-state index in [2.05, 4.69) is 27.4 Å². The summed E-state index contributed by atoms with van der Waals surface area (Å²) in [4.78, 5) is 4.71. The lowest BCUT2D eigenvalue weighted by atomic mass is 9.98. The van der Waals surface area contributed by atoms with Gasteiger partial charge in [0, 0.05) is 19.1 Å². The third-order valence-corrected chi connectivity index (χ3v) is 4.37. The Morgan fingerprint density at radius 2 is 2.31 bits per heavy atom. The maximum absolute atomic E-state index is 5.46. The van der Waals surface area contributed by atoms with E-state index < -0.39 is 0 Å². The Kier molecular flexibility index (Phi) is 2.80. The summed E-state index contributed by atoms with van der Waals surface area (Å²) in [6.07, 6.45) is 3.55. The van der Waals surface area contributed by atoms with E-state index in [1.54, 1.807) is 0 Å². The standard InChI is InChI=1S/C12H17BrN2O/c1-8-2-4-15-10(6-8)11(13)14-12(15)9-3-5-16-7-9/h8-9H,2-7H2,1H3. The van der Waals surface area contributed by atoms with Crippen LogP contribution in [0, 0.1) is 5.92 Å². The summed E-state index contributed by atoms with van der Waals surface area (Å²) >= 11 is 3.60. The molecule has 1 aromatic heterocycles. The van der Waals surface area contributed by atoms with Crippen molar-refractivity contribution in [1.82, 2.24) is 9.55 Å². The molecule has 3 rings (SSSR count). The molecule has 0 amide bonds. The molecule has 16 heavy (non-hydrogen) atoms. The molecule has 0 aromatic carbocycles. The lowest BCUT2D eigenvalue weighted by Crippen LogP contribution is -2.20. The largest absolute Gasteiger partial charge is 0.381 e. The molecule has 1 fully saturated rings. The number of hydrogen-bond acceptors (Lipinski definition) is 2. The summed E-state index contributed by atoms with van der Waals surface area (Å²) in [5, 5.41) is 0. The number of rotatable bonds is 1. The van der Waals surface area contributed by atoms with Gasteiger partial charge in [-0.2, -0.15) is 0 Å². The van der Waals surface area contributed by atoms with Crippen LogP contribution in [0.3, 0.4) is 0 Å². The number of ether oxygens (including phenoxy) is 1. The van der Waals surface area contributed by atoms with E-state index in [4.69, 9.17) is 9.72 Å². The zero-order chi connectivity index (χ0) is 11.1. The van der Waals surface area contributed by atoms with Gasteiger partial charge in [-0.15, -0.1) is 0 Å². The van der Waals surface area contributed by atoms with E-state index in [9.17, 15) is 0 Å². The van der Waals surface area contributed by atoms with E-state index in [0.29, 0.717) is 5.92 Å². The predicted molar refractivity (Wildman–Crippen MR) is 65.6 cm³/mol. The molecule has 0 spiro atoms. The maximum atomic E-state index is 5.46. The highest BCUT2D eigenvalue weighted by Crippen LogP contribution is 2.33. The average Bonchev–Trinajstić information content (AvgIpc) is 2.87. The molecule has 4 heteroatoms. The van der Waals surface area contributed by atoms with Crippen molar-refractivity contribution in [1.29, 1.82) is 0 Å². The highest BCUT2D eigenvalue weighted by atomic mass is 79.9. The number of aromatic nitrogens is 2. The third-order valence-electron chi connectivity index (χ3n) is 3.74. The van der Waals surface area contributed by atoms with Crippen LogP contribution < -0.4 is 0 Å². The second kappa shape index (κ2) is 4.15. The molecule has 2 aliphatic rings. The fourth-order valence-corrected chi connectivity index (χ4v) is 3.31. The van der Waals surface area contributed by atoms with Gasteiger partial charge in [-0.05, 0) is 41.1 Å². The van der Waals surface area contributed by atoms with Crippen molar-refractivity contribution in [2.45, 2.75) is 38.6 Å². The van der Waals surface area contributed by atoms with Gasteiger partial charge in [0.05, 0.1) is 12.3 Å². The lowest BCUT2D eigenvalue weighted by molar-refractivity contribution is 0.192. The third kappa shape index (κ3) is 1.72. The Labute approximate surface area is 104 Å². The second-order valence-electron chi connectivity index (χ2n) is 5.02. The van der Waals surface area contributed by atoms with Crippen LogP contribution in [0.2, 0.25) is 0 Å². The van der Waals surface area contributed by atoms with Crippen molar-refractivity contribution < 1.29 is 4.74 Å². The summed E-state index contributed by atoms with van der Waals surface area (Å²) in [6.45, 7) is 5.18. The molecule has 3 heterocycles. The highest BCUT2D eigenvalue weighted by molar-refractivity contribution is 9.10. The first-order valence-corrected chi connectivity index (χ1v) is 6.87. The van der Waals surface area contributed by atoms with Crippen molar-refractivity contribution in [3.8, 4) is 0 Å². The van der Waals surface area contributed by atoms with Crippen LogP contribution in [0.1, 0.15) is 37.2 Å². The average molecular weight is 285 g/mol. The van der Waals surface area contributed by atoms with E-state index in [0.717, 1.165) is 43.1 Å². The zero-order valence-electron chi connectivity index (χ0n) is 9.58. The number of hydrogen-bond donors (Lipinski definition) is 0. The van der Waals surface area contributed by atoms with E-state index in [1.807, 2.05) is 0 Å². The van der Waals surface area contributed by atoms with Crippen molar-refractivity contribution in [2.24, 2.45) is 5.92 Å². The molecule has 1 aromatic rings. The molecule has 2 aliphatic heterocycles. The minimum Gasteiger partial charge on any atom is -0.381 e. The fraction of sp³-hybridized carbons (Fsp3) is 0.750. The van der Waals surface area contributed by atoms with Crippen LogP contribution in [-0.2, 0) is 17.7 Å². The van der Waals surface area contributed by atoms with Crippen molar-refractivity contribution in [3.63, 3.8) is 0 Å². The molecular formula is C12H17BrN2O. The van der Waals surface area contributed by atoms with Crippen LogP contribution in [0.4, 0.5) is 0 Å². The molecule has 3 nitrogen and oxygen atoms in total. The molecule has 0 saturated carbocycles.